The minimum absolute atomic E-state index is 0.0317. The fraction of sp³-hybridized carbons (Fsp3) is 0. The zero-order valence-corrected chi connectivity index (χ0v) is 11.1. The molecule has 0 atom stereocenters. The van der Waals surface area contributed by atoms with E-state index in [0.717, 1.165) is 25.5 Å². The summed E-state index contributed by atoms with van der Waals surface area (Å²) in [7, 11) is 0. The van der Waals surface area contributed by atoms with Gasteiger partial charge in [-0.3, -0.25) is 4.79 Å². The Balaban J connectivity index is 2.09. The largest absolute Gasteiger partial charge is 0.321 e. The number of carbonyl (C=O) groups is 1. The van der Waals surface area contributed by atoms with Crippen LogP contribution in [0, 0.1) is 0 Å². The molecule has 0 aliphatic carbocycles. The van der Waals surface area contributed by atoms with Crippen LogP contribution < -0.4 is 5.32 Å². The highest BCUT2D eigenvalue weighted by Gasteiger charge is 2.23. The van der Waals surface area contributed by atoms with Gasteiger partial charge in [-0.2, -0.15) is 0 Å². The number of para-hydroxylation sites is 1. The Bertz CT molecular complexity index is 630. The van der Waals surface area contributed by atoms with E-state index >= 15 is 0 Å². The van der Waals surface area contributed by atoms with Crippen molar-refractivity contribution in [3.05, 3.63) is 50.6 Å². The standard InChI is InChI=1S/C13H8BrNOS/c14-12-6-5-8(17-12)7-10-9-3-1-2-4-11(9)15-13(10)16/h1-7H,(H,15,16)/b10-7-. The van der Waals surface area contributed by atoms with E-state index in [1.807, 2.05) is 42.5 Å². The molecular weight excluding hydrogens is 298 g/mol. The van der Waals surface area contributed by atoms with Crippen molar-refractivity contribution in [1.82, 2.24) is 0 Å². The van der Waals surface area contributed by atoms with Gasteiger partial charge >= 0.3 is 0 Å². The van der Waals surface area contributed by atoms with E-state index < -0.39 is 0 Å². The monoisotopic (exact) mass is 305 g/mol. The minimum atomic E-state index is -0.0317. The molecule has 0 spiro atoms. The third kappa shape index (κ3) is 1.94. The smallest absolute Gasteiger partial charge is 0.256 e. The molecule has 0 saturated heterocycles. The molecule has 17 heavy (non-hydrogen) atoms. The predicted octanol–water partition coefficient (Wildman–Crippen LogP) is 4.00. The highest BCUT2D eigenvalue weighted by Crippen LogP contribution is 2.34. The van der Waals surface area contributed by atoms with Gasteiger partial charge < -0.3 is 5.32 Å². The van der Waals surface area contributed by atoms with Crippen molar-refractivity contribution in [3.63, 3.8) is 0 Å². The van der Waals surface area contributed by atoms with Gasteiger partial charge in [-0.05, 0) is 40.2 Å². The zero-order chi connectivity index (χ0) is 11.8. The number of rotatable bonds is 1. The second-order valence-electron chi connectivity index (χ2n) is 3.70. The van der Waals surface area contributed by atoms with E-state index in [4.69, 9.17) is 0 Å². The van der Waals surface area contributed by atoms with Crippen molar-refractivity contribution in [2.24, 2.45) is 0 Å². The van der Waals surface area contributed by atoms with Gasteiger partial charge in [-0.15, -0.1) is 11.3 Å². The van der Waals surface area contributed by atoms with E-state index in [0.29, 0.717) is 0 Å². The lowest BCUT2D eigenvalue weighted by Gasteiger charge is -1.95. The summed E-state index contributed by atoms with van der Waals surface area (Å²) in [6.45, 7) is 0. The number of hydrogen-bond acceptors (Lipinski definition) is 2. The Kier molecular flexibility index (Phi) is 2.61. The Hall–Kier alpha value is -1.39. The Morgan fingerprint density at radius 3 is 2.76 bits per heavy atom. The summed E-state index contributed by atoms with van der Waals surface area (Å²) in [6.07, 6.45) is 1.93. The SMILES string of the molecule is O=C1Nc2ccccc2/C1=C/c1ccc(Br)s1. The number of hydrogen-bond donors (Lipinski definition) is 1. The van der Waals surface area contributed by atoms with Crippen LogP contribution in [0.1, 0.15) is 10.4 Å². The number of thiophene rings is 1. The molecule has 0 unspecified atom stereocenters. The molecule has 1 aromatic carbocycles. The molecule has 4 heteroatoms. The lowest BCUT2D eigenvalue weighted by atomic mass is 10.1. The summed E-state index contributed by atoms with van der Waals surface area (Å²) in [5, 5.41) is 2.86. The molecule has 1 N–H and O–H groups in total. The highest BCUT2D eigenvalue weighted by atomic mass is 79.9. The molecule has 0 bridgehead atoms. The highest BCUT2D eigenvalue weighted by molar-refractivity contribution is 9.11. The fourth-order valence-electron chi connectivity index (χ4n) is 1.83. The van der Waals surface area contributed by atoms with Gasteiger partial charge in [0.05, 0.1) is 9.36 Å². The minimum Gasteiger partial charge on any atom is -0.321 e. The van der Waals surface area contributed by atoms with E-state index in [1.54, 1.807) is 11.3 Å². The van der Waals surface area contributed by atoms with Crippen molar-refractivity contribution < 1.29 is 4.79 Å². The van der Waals surface area contributed by atoms with Crippen molar-refractivity contribution in [1.29, 1.82) is 0 Å². The normalized spacial score (nSPS) is 16.1. The lowest BCUT2D eigenvalue weighted by molar-refractivity contribution is -0.110. The van der Waals surface area contributed by atoms with Crippen LogP contribution in [0.4, 0.5) is 5.69 Å². The van der Waals surface area contributed by atoms with Crippen molar-refractivity contribution >= 4 is 50.5 Å². The number of carbonyl (C=O) groups excluding carboxylic acids is 1. The summed E-state index contributed by atoms with van der Waals surface area (Å²) < 4.78 is 1.07. The van der Waals surface area contributed by atoms with E-state index in [9.17, 15) is 4.79 Å². The summed E-state index contributed by atoms with van der Waals surface area (Å²) in [5.41, 5.74) is 2.59. The first-order valence-corrected chi connectivity index (χ1v) is 6.73. The fourth-order valence-corrected chi connectivity index (χ4v) is 3.20. The molecular formula is C13H8BrNOS. The summed E-state index contributed by atoms with van der Waals surface area (Å²) >= 11 is 5.03. The first-order valence-electron chi connectivity index (χ1n) is 5.12. The average molecular weight is 306 g/mol. The molecule has 2 nitrogen and oxygen atoms in total. The molecule has 84 valence electrons. The summed E-state index contributed by atoms with van der Waals surface area (Å²) in [5.74, 6) is -0.0317. The number of amides is 1. The van der Waals surface area contributed by atoms with Crippen LogP contribution in [0.25, 0.3) is 11.6 Å². The first kappa shape index (κ1) is 10.7. The molecule has 0 fully saturated rings. The van der Waals surface area contributed by atoms with Crippen LogP contribution in [0.15, 0.2) is 40.2 Å². The number of benzene rings is 1. The van der Waals surface area contributed by atoms with E-state index in [2.05, 4.69) is 21.2 Å². The molecule has 1 aliphatic rings. The number of anilines is 1. The summed E-state index contributed by atoms with van der Waals surface area (Å²) in [6, 6.07) is 11.7. The van der Waals surface area contributed by atoms with Crippen LogP contribution in [-0.4, -0.2) is 5.91 Å². The van der Waals surface area contributed by atoms with Crippen molar-refractivity contribution in [2.75, 3.05) is 5.32 Å². The second kappa shape index (κ2) is 4.13. The van der Waals surface area contributed by atoms with E-state index in [1.165, 1.54) is 0 Å². The molecule has 1 aromatic heterocycles. The van der Waals surface area contributed by atoms with Gasteiger partial charge in [0.15, 0.2) is 0 Å². The van der Waals surface area contributed by atoms with Crippen LogP contribution >= 0.6 is 27.3 Å². The Labute approximate surface area is 111 Å². The van der Waals surface area contributed by atoms with Gasteiger partial charge in [0, 0.05) is 16.1 Å². The van der Waals surface area contributed by atoms with Crippen molar-refractivity contribution in [2.45, 2.75) is 0 Å². The molecule has 0 saturated carbocycles. The number of nitrogens with one attached hydrogen (secondary N) is 1. The third-order valence-corrected chi connectivity index (χ3v) is 4.16. The van der Waals surface area contributed by atoms with Gasteiger partial charge in [-0.1, -0.05) is 18.2 Å². The topological polar surface area (TPSA) is 29.1 Å². The summed E-state index contributed by atoms with van der Waals surface area (Å²) in [4.78, 5) is 12.9. The van der Waals surface area contributed by atoms with Gasteiger partial charge in [0.2, 0.25) is 0 Å². The molecule has 0 radical (unpaired) electrons. The molecule has 2 aromatic rings. The number of fused-ring (bicyclic) bond motifs is 1. The van der Waals surface area contributed by atoms with Gasteiger partial charge in [-0.25, -0.2) is 0 Å². The van der Waals surface area contributed by atoms with Gasteiger partial charge in [0.1, 0.15) is 0 Å². The second-order valence-corrected chi connectivity index (χ2v) is 6.19. The quantitative estimate of drug-likeness (QED) is 0.793. The molecule has 2 heterocycles. The molecule has 1 aliphatic heterocycles. The van der Waals surface area contributed by atoms with Gasteiger partial charge in [0.25, 0.3) is 5.91 Å². The first-order chi connectivity index (χ1) is 8.24. The maximum absolute atomic E-state index is 11.9. The Morgan fingerprint density at radius 1 is 1.18 bits per heavy atom. The van der Waals surface area contributed by atoms with Crippen LogP contribution in [0.2, 0.25) is 0 Å². The van der Waals surface area contributed by atoms with Crippen LogP contribution in [0.3, 0.4) is 0 Å². The average Bonchev–Trinajstić information content (AvgIpc) is 2.85. The number of halogens is 1. The maximum Gasteiger partial charge on any atom is 0.256 e. The van der Waals surface area contributed by atoms with Crippen LogP contribution in [0.5, 0.6) is 0 Å². The van der Waals surface area contributed by atoms with Crippen molar-refractivity contribution in [3.8, 4) is 0 Å². The zero-order valence-electron chi connectivity index (χ0n) is 8.74. The van der Waals surface area contributed by atoms with Crippen LogP contribution in [-0.2, 0) is 4.79 Å². The molecule has 1 amide bonds. The van der Waals surface area contributed by atoms with E-state index in [-0.39, 0.29) is 5.91 Å². The maximum atomic E-state index is 11.9. The third-order valence-electron chi connectivity index (χ3n) is 2.59. The predicted molar refractivity (Wildman–Crippen MR) is 75.0 cm³/mol. The lowest BCUT2D eigenvalue weighted by Crippen LogP contribution is -2.03. The Morgan fingerprint density at radius 2 is 2.00 bits per heavy atom. The molecule has 3 rings (SSSR count).